The summed E-state index contributed by atoms with van der Waals surface area (Å²) < 4.78 is 11.4. The number of hydrogen-bond donors (Lipinski definition) is 1. The third-order valence-corrected chi connectivity index (χ3v) is 7.18. The molecule has 4 nitrogen and oxygen atoms in total. The predicted molar refractivity (Wildman–Crippen MR) is 108 cm³/mol. The Bertz CT molecular complexity index is 523. The van der Waals surface area contributed by atoms with Crippen molar-refractivity contribution in [1.29, 1.82) is 0 Å². The Kier molecular flexibility index (Phi) is 7.14. The lowest BCUT2D eigenvalue weighted by Gasteiger charge is -2.33. The first-order valence-electron chi connectivity index (χ1n) is 10.2. The highest BCUT2D eigenvalue weighted by Crippen LogP contribution is 2.59. The van der Waals surface area contributed by atoms with Crippen LogP contribution in [0.1, 0.15) is 59.3 Å². The van der Waals surface area contributed by atoms with Crippen LogP contribution in [0.25, 0.3) is 0 Å². The smallest absolute Gasteiger partial charge is 0.305 e. The molecule has 0 aromatic carbocycles. The molecule has 0 spiro atoms. The number of aliphatic hydroxyl groups excluding tert-OH is 1. The van der Waals surface area contributed by atoms with E-state index in [2.05, 4.69) is 39.9 Å². The monoisotopic (exact) mass is 382 g/mol. The van der Waals surface area contributed by atoms with Crippen LogP contribution >= 0.6 is 0 Å². The molecule has 0 amide bonds. The second-order valence-electron chi connectivity index (χ2n) is 9.54. The lowest BCUT2D eigenvalue weighted by Crippen LogP contribution is -2.37. The first-order chi connectivity index (χ1) is 12.1. The third kappa shape index (κ3) is 4.79. The maximum atomic E-state index is 11.3. The molecule has 0 aliphatic heterocycles. The van der Waals surface area contributed by atoms with Crippen LogP contribution in [-0.4, -0.2) is 39.4 Å². The van der Waals surface area contributed by atoms with Gasteiger partial charge in [0.2, 0.25) is 0 Å². The third-order valence-electron chi connectivity index (χ3n) is 6.27. The van der Waals surface area contributed by atoms with Crippen molar-refractivity contribution in [3.05, 3.63) is 11.6 Å². The molecular weight excluding hydrogens is 344 g/mol. The second kappa shape index (κ2) is 8.57. The minimum absolute atomic E-state index is 0.124. The number of aliphatic hydroxyl groups is 1. The molecule has 5 heteroatoms. The predicted octanol–water partition coefficient (Wildman–Crippen LogP) is 4.08. The number of carbonyl (C=O) groups is 1. The zero-order valence-electron chi connectivity index (χ0n) is 17.5. The topological polar surface area (TPSA) is 55.8 Å². The molecule has 2 aliphatic rings. The van der Waals surface area contributed by atoms with Crippen molar-refractivity contribution < 1.29 is 19.1 Å². The fourth-order valence-corrected chi connectivity index (χ4v) is 6.39. The van der Waals surface area contributed by atoms with Crippen molar-refractivity contribution in [3.63, 3.8) is 0 Å². The number of unbranched alkanes of at least 4 members (excludes halogenated alkanes) is 1. The van der Waals surface area contributed by atoms with Gasteiger partial charge in [-0.25, -0.2) is 0 Å². The molecule has 1 N–H and O–H groups in total. The molecule has 4 atom stereocenters. The lowest BCUT2D eigenvalue weighted by molar-refractivity contribution is -0.140. The van der Waals surface area contributed by atoms with Gasteiger partial charge < -0.3 is 14.3 Å². The summed E-state index contributed by atoms with van der Waals surface area (Å²) >= 11 is 0. The average Bonchev–Trinajstić information content (AvgIpc) is 3.01. The van der Waals surface area contributed by atoms with E-state index in [1.165, 1.54) is 12.7 Å². The summed E-state index contributed by atoms with van der Waals surface area (Å²) in [5.41, 5.74) is 1.48. The summed E-state index contributed by atoms with van der Waals surface area (Å²) in [7, 11) is 0.253. The minimum Gasteiger partial charge on any atom is -0.469 e. The van der Waals surface area contributed by atoms with E-state index in [0.717, 1.165) is 32.1 Å². The Morgan fingerprint density at radius 2 is 2.04 bits per heavy atom. The van der Waals surface area contributed by atoms with E-state index < -0.39 is 9.04 Å². The Morgan fingerprint density at radius 1 is 1.35 bits per heavy atom. The molecule has 2 rings (SSSR count). The van der Waals surface area contributed by atoms with Gasteiger partial charge in [-0.3, -0.25) is 4.79 Å². The van der Waals surface area contributed by atoms with Gasteiger partial charge in [-0.2, -0.15) is 0 Å². The fourth-order valence-electron chi connectivity index (χ4n) is 5.18. The van der Waals surface area contributed by atoms with Gasteiger partial charge in [-0.15, -0.1) is 0 Å². The van der Waals surface area contributed by atoms with Gasteiger partial charge in [-0.05, 0) is 68.4 Å². The van der Waals surface area contributed by atoms with Crippen LogP contribution in [0.2, 0.25) is 13.1 Å². The minimum atomic E-state index is -1.19. The molecular formula is C21H38O4Si. The average molecular weight is 383 g/mol. The summed E-state index contributed by atoms with van der Waals surface area (Å²) in [5.74, 6) is 1.08. The molecule has 0 aromatic heterocycles. The Balaban J connectivity index is 2.11. The van der Waals surface area contributed by atoms with E-state index in [1.54, 1.807) is 0 Å². The van der Waals surface area contributed by atoms with Crippen molar-refractivity contribution in [1.82, 2.24) is 0 Å². The van der Waals surface area contributed by atoms with E-state index in [1.807, 2.05) is 0 Å². The molecule has 1 saturated carbocycles. The van der Waals surface area contributed by atoms with Crippen LogP contribution in [0.4, 0.5) is 0 Å². The molecule has 0 aromatic rings. The zero-order chi connectivity index (χ0) is 19.5. The summed E-state index contributed by atoms with van der Waals surface area (Å²) in [6.07, 6.45) is 7.89. The second-order valence-corrected chi connectivity index (χ2v) is 11.9. The van der Waals surface area contributed by atoms with Crippen LogP contribution in [0.3, 0.4) is 0 Å². The van der Waals surface area contributed by atoms with E-state index >= 15 is 0 Å². The van der Waals surface area contributed by atoms with E-state index in [-0.39, 0.29) is 23.6 Å². The van der Waals surface area contributed by atoms with Gasteiger partial charge >= 0.3 is 5.97 Å². The summed E-state index contributed by atoms with van der Waals surface area (Å²) in [6.45, 7) is 11.6. The maximum absolute atomic E-state index is 11.3. The molecule has 0 saturated heterocycles. The molecule has 26 heavy (non-hydrogen) atoms. The highest BCUT2D eigenvalue weighted by Gasteiger charge is 2.57. The van der Waals surface area contributed by atoms with Crippen LogP contribution in [0.5, 0.6) is 0 Å². The van der Waals surface area contributed by atoms with E-state index in [4.69, 9.17) is 9.16 Å². The summed E-state index contributed by atoms with van der Waals surface area (Å²) in [6, 6.07) is 0. The lowest BCUT2D eigenvalue weighted by atomic mass is 9.73. The SMILES string of the molecule is COC(=O)CCCCC1=CC2(O[SiH](C)C)CC(C(C)(C)C)C(CO)C2C1. The molecule has 0 bridgehead atoms. The van der Waals surface area contributed by atoms with Gasteiger partial charge in [0, 0.05) is 13.0 Å². The number of esters is 1. The first kappa shape index (κ1) is 21.6. The quantitative estimate of drug-likeness (QED) is 0.297. The number of ether oxygens (including phenoxy) is 1. The van der Waals surface area contributed by atoms with Crippen molar-refractivity contribution >= 4 is 15.0 Å². The highest BCUT2D eigenvalue weighted by atomic mass is 28.3. The number of allylic oxidation sites excluding steroid dienone is 1. The Labute approximate surface area is 161 Å². The Hall–Kier alpha value is -0.653. The normalized spacial score (nSPS) is 31.2. The molecule has 0 radical (unpaired) electrons. The van der Waals surface area contributed by atoms with Crippen LogP contribution < -0.4 is 0 Å². The number of fused-ring (bicyclic) bond motifs is 1. The standard InChI is InChI=1S/C21H38O4Si/c1-20(2,3)18-13-21(25-26(5)6)12-15(11-17(21)16(18)14-22)9-7-8-10-19(23)24-4/h12,16-18,22,26H,7-11,13-14H2,1-6H3. The van der Waals surface area contributed by atoms with Gasteiger partial charge in [0.15, 0.2) is 9.04 Å². The fraction of sp³-hybridized carbons (Fsp3) is 0.857. The molecule has 4 unspecified atom stereocenters. The molecule has 2 aliphatic carbocycles. The van der Waals surface area contributed by atoms with Gasteiger partial charge in [0.1, 0.15) is 0 Å². The van der Waals surface area contributed by atoms with Gasteiger partial charge in [0.05, 0.1) is 12.7 Å². The van der Waals surface area contributed by atoms with Crippen molar-refractivity contribution in [3.8, 4) is 0 Å². The van der Waals surface area contributed by atoms with Crippen LogP contribution in [0, 0.1) is 23.2 Å². The zero-order valence-corrected chi connectivity index (χ0v) is 18.7. The summed E-state index contributed by atoms with van der Waals surface area (Å²) in [4.78, 5) is 11.3. The highest BCUT2D eigenvalue weighted by molar-refractivity contribution is 6.48. The van der Waals surface area contributed by atoms with Gasteiger partial charge in [0.25, 0.3) is 0 Å². The molecule has 1 fully saturated rings. The maximum Gasteiger partial charge on any atom is 0.305 e. The largest absolute Gasteiger partial charge is 0.469 e. The Morgan fingerprint density at radius 3 is 2.58 bits per heavy atom. The van der Waals surface area contributed by atoms with Crippen molar-refractivity contribution in [2.75, 3.05) is 13.7 Å². The van der Waals surface area contributed by atoms with E-state index in [9.17, 15) is 9.90 Å². The number of methoxy groups -OCH3 is 1. The van der Waals surface area contributed by atoms with E-state index in [0.29, 0.717) is 24.2 Å². The summed E-state index contributed by atoms with van der Waals surface area (Å²) in [5, 5.41) is 10.2. The number of hydrogen-bond acceptors (Lipinski definition) is 4. The van der Waals surface area contributed by atoms with Gasteiger partial charge in [-0.1, -0.05) is 32.4 Å². The number of rotatable bonds is 8. The number of carbonyl (C=O) groups excluding carboxylic acids is 1. The van der Waals surface area contributed by atoms with Crippen LogP contribution in [0.15, 0.2) is 11.6 Å². The molecule has 150 valence electrons. The first-order valence-corrected chi connectivity index (χ1v) is 13.0. The van der Waals surface area contributed by atoms with Crippen molar-refractivity contribution in [2.24, 2.45) is 23.2 Å². The van der Waals surface area contributed by atoms with Crippen LogP contribution in [-0.2, 0) is 14.0 Å². The van der Waals surface area contributed by atoms with Crippen molar-refractivity contribution in [2.45, 2.75) is 78.0 Å². The molecule has 0 heterocycles.